The molecule has 1 fully saturated rings. The van der Waals surface area contributed by atoms with E-state index in [1.807, 2.05) is 36.9 Å². The van der Waals surface area contributed by atoms with Crippen molar-refractivity contribution in [3.05, 3.63) is 34.3 Å². The van der Waals surface area contributed by atoms with E-state index in [9.17, 15) is 9.59 Å². The van der Waals surface area contributed by atoms with Gasteiger partial charge in [-0.15, -0.1) is 10.2 Å². The SMILES string of the molecule is CCCC(=O)Nc1nnc([C@@H]2CC(=O)N(c3ccc(C)c(C)c3)C2)s1. The maximum absolute atomic E-state index is 12.4. The summed E-state index contributed by atoms with van der Waals surface area (Å²) in [5.74, 6) is 0.0629. The van der Waals surface area contributed by atoms with E-state index >= 15 is 0 Å². The number of hydrogen-bond donors (Lipinski definition) is 1. The monoisotopic (exact) mass is 358 g/mol. The maximum atomic E-state index is 12.4. The molecule has 6 nitrogen and oxygen atoms in total. The van der Waals surface area contributed by atoms with Gasteiger partial charge in [-0.2, -0.15) is 0 Å². The Morgan fingerprint density at radius 2 is 2.12 bits per heavy atom. The van der Waals surface area contributed by atoms with Gasteiger partial charge in [-0.3, -0.25) is 9.59 Å². The zero-order chi connectivity index (χ0) is 18.0. The Bertz CT molecular complexity index is 802. The predicted octanol–water partition coefficient (Wildman–Crippen LogP) is 3.41. The lowest BCUT2D eigenvalue weighted by atomic mass is 10.1. The van der Waals surface area contributed by atoms with Gasteiger partial charge in [0.25, 0.3) is 0 Å². The molecule has 1 saturated heterocycles. The maximum Gasteiger partial charge on any atom is 0.227 e. The zero-order valence-corrected chi connectivity index (χ0v) is 15.5. The molecule has 2 aromatic rings. The van der Waals surface area contributed by atoms with E-state index in [4.69, 9.17) is 0 Å². The summed E-state index contributed by atoms with van der Waals surface area (Å²) >= 11 is 1.36. The first kappa shape index (κ1) is 17.5. The second kappa shape index (κ2) is 7.31. The van der Waals surface area contributed by atoms with Gasteiger partial charge < -0.3 is 10.2 Å². The minimum atomic E-state index is -0.0514. The molecule has 25 heavy (non-hydrogen) atoms. The van der Waals surface area contributed by atoms with Crippen LogP contribution < -0.4 is 10.2 Å². The van der Waals surface area contributed by atoms with Crippen molar-refractivity contribution in [1.82, 2.24) is 10.2 Å². The molecule has 132 valence electrons. The number of carbonyl (C=O) groups excluding carboxylic acids is 2. The number of hydrogen-bond acceptors (Lipinski definition) is 5. The average molecular weight is 358 g/mol. The van der Waals surface area contributed by atoms with Crippen LogP contribution in [-0.4, -0.2) is 28.6 Å². The van der Waals surface area contributed by atoms with Gasteiger partial charge in [0.2, 0.25) is 16.9 Å². The van der Waals surface area contributed by atoms with Gasteiger partial charge in [0.05, 0.1) is 0 Å². The Kier molecular flexibility index (Phi) is 5.13. The number of nitrogens with zero attached hydrogens (tertiary/aromatic N) is 3. The van der Waals surface area contributed by atoms with Gasteiger partial charge in [0.15, 0.2) is 0 Å². The largest absolute Gasteiger partial charge is 0.312 e. The van der Waals surface area contributed by atoms with E-state index in [2.05, 4.69) is 22.4 Å². The van der Waals surface area contributed by atoms with Gasteiger partial charge in [0, 0.05) is 31.0 Å². The summed E-state index contributed by atoms with van der Waals surface area (Å²) < 4.78 is 0. The van der Waals surface area contributed by atoms with Crippen LogP contribution in [0.4, 0.5) is 10.8 Å². The molecule has 2 heterocycles. The molecule has 0 unspecified atom stereocenters. The van der Waals surface area contributed by atoms with E-state index in [0.717, 1.165) is 17.1 Å². The first-order valence-electron chi connectivity index (χ1n) is 8.48. The van der Waals surface area contributed by atoms with Crippen LogP contribution in [0, 0.1) is 13.8 Å². The summed E-state index contributed by atoms with van der Waals surface area (Å²) in [4.78, 5) is 25.9. The van der Waals surface area contributed by atoms with E-state index < -0.39 is 0 Å². The van der Waals surface area contributed by atoms with E-state index in [0.29, 0.717) is 24.5 Å². The second-order valence-corrected chi connectivity index (χ2v) is 7.43. The van der Waals surface area contributed by atoms with Crippen LogP contribution in [-0.2, 0) is 9.59 Å². The van der Waals surface area contributed by atoms with Crippen LogP contribution in [0.25, 0.3) is 0 Å². The Morgan fingerprint density at radius 1 is 1.32 bits per heavy atom. The molecule has 0 spiro atoms. The highest BCUT2D eigenvalue weighted by Crippen LogP contribution is 2.34. The van der Waals surface area contributed by atoms with Crippen molar-refractivity contribution in [3.63, 3.8) is 0 Å². The van der Waals surface area contributed by atoms with Crippen LogP contribution in [0.15, 0.2) is 18.2 Å². The molecule has 0 bridgehead atoms. The molecule has 1 atom stereocenters. The topological polar surface area (TPSA) is 75.2 Å². The highest BCUT2D eigenvalue weighted by Gasteiger charge is 2.34. The van der Waals surface area contributed by atoms with E-state index in [-0.39, 0.29) is 17.7 Å². The fourth-order valence-electron chi connectivity index (χ4n) is 2.87. The quantitative estimate of drug-likeness (QED) is 0.889. The van der Waals surface area contributed by atoms with E-state index in [1.165, 1.54) is 22.5 Å². The first-order valence-corrected chi connectivity index (χ1v) is 9.30. The summed E-state index contributed by atoms with van der Waals surface area (Å²) in [6, 6.07) is 6.07. The van der Waals surface area contributed by atoms with Crippen LogP contribution in [0.3, 0.4) is 0 Å². The third-order valence-corrected chi connectivity index (χ3v) is 5.44. The first-order chi connectivity index (χ1) is 12.0. The molecular formula is C18H22N4O2S. The molecular weight excluding hydrogens is 336 g/mol. The number of rotatable bonds is 5. The van der Waals surface area contributed by atoms with Crippen LogP contribution in [0.5, 0.6) is 0 Å². The molecule has 3 rings (SSSR count). The van der Waals surface area contributed by atoms with Crippen LogP contribution >= 0.6 is 11.3 Å². The molecule has 7 heteroatoms. The summed E-state index contributed by atoms with van der Waals surface area (Å²) in [5.41, 5.74) is 3.31. The summed E-state index contributed by atoms with van der Waals surface area (Å²) in [6.45, 7) is 6.66. The third kappa shape index (κ3) is 3.87. The minimum Gasteiger partial charge on any atom is -0.312 e. The van der Waals surface area contributed by atoms with Crippen molar-refractivity contribution in [2.45, 2.75) is 46.0 Å². The fourth-order valence-corrected chi connectivity index (χ4v) is 3.73. The second-order valence-electron chi connectivity index (χ2n) is 6.42. The smallest absolute Gasteiger partial charge is 0.227 e. The number of carbonyl (C=O) groups is 2. The van der Waals surface area contributed by atoms with Crippen molar-refractivity contribution >= 4 is 34.0 Å². The number of amides is 2. The number of nitrogens with one attached hydrogen (secondary N) is 1. The Morgan fingerprint density at radius 3 is 2.84 bits per heavy atom. The highest BCUT2D eigenvalue weighted by molar-refractivity contribution is 7.15. The van der Waals surface area contributed by atoms with Gasteiger partial charge in [-0.1, -0.05) is 24.3 Å². The molecule has 1 aliphatic rings. The fraction of sp³-hybridized carbons (Fsp3) is 0.444. The summed E-state index contributed by atoms with van der Waals surface area (Å²) in [5, 5.41) is 12.3. The molecule has 0 radical (unpaired) electrons. The molecule has 1 aromatic carbocycles. The van der Waals surface area contributed by atoms with Crippen molar-refractivity contribution < 1.29 is 9.59 Å². The number of aryl methyl sites for hydroxylation is 2. The molecule has 1 aromatic heterocycles. The number of aromatic nitrogens is 2. The van der Waals surface area contributed by atoms with Crippen molar-refractivity contribution in [2.24, 2.45) is 0 Å². The number of anilines is 2. The lowest BCUT2D eigenvalue weighted by Crippen LogP contribution is -2.24. The van der Waals surface area contributed by atoms with Crippen molar-refractivity contribution in [1.29, 1.82) is 0 Å². The molecule has 0 saturated carbocycles. The lowest BCUT2D eigenvalue weighted by molar-refractivity contribution is -0.117. The predicted molar refractivity (Wildman–Crippen MR) is 99.1 cm³/mol. The van der Waals surface area contributed by atoms with E-state index in [1.54, 1.807) is 0 Å². The van der Waals surface area contributed by atoms with Gasteiger partial charge in [-0.25, -0.2) is 0 Å². The standard InChI is InChI=1S/C18H22N4O2S/c1-4-5-15(23)19-18-21-20-17(25-18)13-9-16(24)22(10-13)14-7-6-11(2)12(3)8-14/h6-8,13H,4-5,9-10H2,1-3H3,(H,19,21,23)/t13-/m1/s1. The summed E-state index contributed by atoms with van der Waals surface area (Å²) in [6.07, 6.45) is 1.68. The minimum absolute atomic E-state index is 0.0171. The Balaban J connectivity index is 1.71. The van der Waals surface area contributed by atoms with Gasteiger partial charge >= 0.3 is 0 Å². The molecule has 0 aliphatic carbocycles. The van der Waals surface area contributed by atoms with Crippen LogP contribution in [0.1, 0.15) is 48.2 Å². The van der Waals surface area contributed by atoms with Crippen LogP contribution in [0.2, 0.25) is 0 Å². The number of benzene rings is 1. The third-order valence-electron chi connectivity index (χ3n) is 4.44. The highest BCUT2D eigenvalue weighted by atomic mass is 32.1. The zero-order valence-electron chi connectivity index (χ0n) is 14.7. The van der Waals surface area contributed by atoms with Gasteiger partial charge in [0.1, 0.15) is 5.01 Å². The molecule has 1 N–H and O–H groups in total. The molecule has 2 amide bonds. The van der Waals surface area contributed by atoms with Crippen molar-refractivity contribution in [3.8, 4) is 0 Å². The van der Waals surface area contributed by atoms with Gasteiger partial charge in [-0.05, 0) is 43.5 Å². The summed E-state index contributed by atoms with van der Waals surface area (Å²) in [7, 11) is 0. The normalized spacial score (nSPS) is 17.2. The Labute approximate surface area is 151 Å². The van der Waals surface area contributed by atoms with Crippen molar-refractivity contribution in [2.75, 3.05) is 16.8 Å². The lowest BCUT2D eigenvalue weighted by Gasteiger charge is -2.17. The Hall–Kier alpha value is -2.28. The molecule has 1 aliphatic heterocycles. The average Bonchev–Trinajstić information content (AvgIpc) is 3.17.